The normalized spacial score (nSPS) is 10.2. The van der Waals surface area contributed by atoms with Crippen LogP contribution in [-0.2, 0) is 0 Å². The zero-order valence-corrected chi connectivity index (χ0v) is 9.82. The fraction of sp³-hybridized carbons (Fsp3) is 0. The molecule has 0 atom stereocenters. The number of benzene rings is 1. The summed E-state index contributed by atoms with van der Waals surface area (Å²) in [5.41, 5.74) is 4.70. The van der Waals surface area contributed by atoms with Crippen LogP contribution in [0.1, 0.15) is 0 Å². The molecular formula is C16H12N2. The molecule has 0 saturated carbocycles. The van der Waals surface area contributed by atoms with E-state index in [1.165, 1.54) is 16.7 Å². The molecule has 0 N–H and O–H groups in total. The third-order valence-electron chi connectivity index (χ3n) is 2.89. The lowest BCUT2D eigenvalue weighted by atomic mass is 10.0. The van der Waals surface area contributed by atoms with Gasteiger partial charge in [0.25, 0.3) is 0 Å². The Hall–Kier alpha value is -2.48. The maximum atomic E-state index is 4.13. The minimum absolute atomic E-state index is 1.14. The number of hydrogen-bond acceptors (Lipinski definition) is 2. The summed E-state index contributed by atoms with van der Waals surface area (Å²) in [4.78, 5) is 8.16. The highest BCUT2D eigenvalue weighted by Gasteiger charge is 1.99. The summed E-state index contributed by atoms with van der Waals surface area (Å²) in [6.07, 6.45) is 7.28. The predicted molar refractivity (Wildman–Crippen MR) is 72.9 cm³/mol. The molecule has 0 spiro atoms. The Morgan fingerprint density at radius 2 is 1.11 bits per heavy atom. The van der Waals surface area contributed by atoms with E-state index in [4.69, 9.17) is 0 Å². The molecule has 86 valence electrons. The largest absolute Gasteiger partial charge is 0.265 e. The van der Waals surface area contributed by atoms with Crippen molar-refractivity contribution in [2.24, 2.45) is 0 Å². The molecule has 18 heavy (non-hydrogen) atoms. The molecule has 0 unspecified atom stereocenters. The molecule has 0 aliphatic carbocycles. The SMILES string of the molecule is c1cncc(-c2ccc(-c3ccncc3)cc2)c1. The van der Waals surface area contributed by atoms with Gasteiger partial charge in [-0.2, -0.15) is 0 Å². The molecule has 0 aliphatic heterocycles. The van der Waals surface area contributed by atoms with E-state index in [2.05, 4.69) is 40.3 Å². The van der Waals surface area contributed by atoms with Crippen molar-refractivity contribution in [1.82, 2.24) is 9.97 Å². The average molecular weight is 232 g/mol. The molecule has 0 bridgehead atoms. The van der Waals surface area contributed by atoms with Crippen LogP contribution in [0.2, 0.25) is 0 Å². The van der Waals surface area contributed by atoms with Crippen molar-refractivity contribution in [3.8, 4) is 22.3 Å². The second kappa shape index (κ2) is 4.80. The van der Waals surface area contributed by atoms with E-state index < -0.39 is 0 Å². The molecule has 3 rings (SSSR count). The van der Waals surface area contributed by atoms with E-state index in [0.717, 1.165) is 5.56 Å². The first kappa shape index (κ1) is 10.7. The van der Waals surface area contributed by atoms with E-state index in [-0.39, 0.29) is 0 Å². The average Bonchev–Trinajstić information content (AvgIpc) is 2.49. The van der Waals surface area contributed by atoms with Gasteiger partial charge in [-0.15, -0.1) is 0 Å². The molecule has 0 amide bonds. The van der Waals surface area contributed by atoms with Gasteiger partial charge in [-0.1, -0.05) is 30.3 Å². The fourth-order valence-corrected chi connectivity index (χ4v) is 1.93. The number of hydrogen-bond donors (Lipinski definition) is 0. The molecule has 2 heteroatoms. The van der Waals surface area contributed by atoms with Crippen LogP contribution in [0, 0.1) is 0 Å². The van der Waals surface area contributed by atoms with Crippen molar-refractivity contribution in [3.05, 3.63) is 73.3 Å². The molecule has 2 nitrogen and oxygen atoms in total. The summed E-state index contributed by atoms with van der Waals surface area (Å²) in [5.74, 6) is 0. The first-order valence-electron chi connectivity index (χ1n) is 5.84. The molecule has 0 radical (unpaired) electrons. The minimum Gasteiger partial charge on any atom is -0.265 e. The summed E-state index contributed by atoms with van der Waals surface area (Å²) in [6.45, 7) is 0. The van der Waals surface area contributed by atoms with Crippen LogP contribution in [0.3, 0.4) is 0 Å². The second-order valence-electron chi connectivity index (χ2n) is 4.05. The van der Waals surface area contributed by atoms with Gasteiger partial charge < -0.3 is 0 Å². The van der Waals surface area contributed by atoms with Crippen molar-refractivity contribution in [2.75, 3.05) is 0 Å². The third kappa shape index (κ3) is 2.13. The molecular weight excluding hydrogens is 220 g/mol. The zero-order chi connectivity index (χ0) is 12.2. The molecule has 1 aromatic carbocycles. The molecule has 3 aromatic rings. The Morgan fingerprint density at radius 1 is 0.500 bits per heavy atom. The topological polar surface area (TPSA) is 25.8 Å². The van der Waals surface area contributed by atoms with Gasteiger partial charge in [0.15, 0.2) is 0 Å². The number of nitrogens with zero attached hydrogens (tertiary/aromatic N) is 2. The van der Waals surface area contributed by atoms with E-state index in [1.807, 2.05) is 36.8 Å². The third-order valence-corrected chi connectivity index (χ3v) is 2.89. The monoisotopic (exact) mass is 232 g/mol. The molecule has 2 aromatic heterocycles. The van der Waals surface area contributed by atoms with E-state index in [1.54, 1.807) is 6.20 Å². The van der Waals surface area contributed by atoms with Gasteiger partial charge in [-0.25, -0.2) is 0 Å². The summed E-state index contributed by atoms with van der Waals surface area (Å²) < 4.78 is 0. The van der Waals surface area contributed by atoms with Gasteiger partial charge in [-0.05, 0) is 40.5 Å². The fourth-order valence-electron chi connectivity index (χ4n) is 1.93. The predicted octanol–water partition coefficient (Wildman–Crippen LogP) is 3.81. The number of rotatable bonds is 2. The smallest absolute Gasteiger partial charge is 0.0346 e. The Labute approximate surface area is 106 Å². The van der Waals surface area contributed by atoms with Crippen LogP contribution in [0.4, 0.5) is 0 Å². The second-order valence-corrected chi connectivity index (χ2v) is 4.05. The zero-order valence-electron chi connectivity index (χ0n) is 9.82. The summed E-state index contributed by atoms with van der Waals surface area (Å²) in [6, 6.07) is 16.5. The van der Waals surface area contributed by atoms with Crippen molar-refractivity contribution in [1.29, 1.82) is 0 Å². The highest BCUT2D eigenvalue weighted by Crippen LogP contribution is 2.23. The van der Waals surface area contributed by atoms with Gasteiger partial charge in [0.05, 0.1) is 0 Å². The lowest BCUT2D eigenvalue weighted by Crippen LogP contribution is -1.81. The van der Waals surface area contributed by atoms with Crippen LogP contribution in [-0.4, -0.2) is 9.97 Å². The van der Waals surface area contributed by atoms with Crippen molar-refractivity contribution in [2.45, 2.75) is 0 Å². The van der Waals surface area contributed by atoms with Crippen LogP contribution in [0.25, 0.3) is 22.3 Å². The van der Waals surface area contributed by atoms with E-state index >= 15 is 0 Å². The summed E-state index contributed by atoms with van der Waals surface area (Å²) in [5, 5.41) is 0. The molecule has 0 fully saturated rings. The quantitative estimate of drug-likeness (QED) is 0.671. The molecule has 0 aliphatic rings. The van der Waals surface area contributed by atoms with Gasteiger partial charge in [0.2, 0.25) is 0 Å². The van der Waals surface area contributed by atoms with Crippen molar-refractivity contribution >= 4 is 0 Å². The first-order valence-corrected chi connectivity index (χ1v) is 5.84. The van der Waals surface area contributed by atoms with Gasteiger partial charge in [0.1, 0.15) is 0 Å². The van der Waals surface area contributed by atoms with Gasteiger partial charge >= 0.3 is 0 Å². The lowest BCUT2D eigenvalue weighted by molar-refractivity contribution is 1.33. The van der Waals surface area contributed by atoms with Crippen LogP contribution in [0.15, 0.2) is 73.3 Å². The standard InChI is InChI=1S/C16H12N2/c1-2-16(12-18-9-1)14-5-3-13(4-6-14)15-7-10-17-11-8-15/h1-12H. The summed E-state index contributed by atoms with van der Waals surface area (Å²) >= 11 is 0. The van der Waals surface area contributed by atoms with Gasteiger partial charge in [0, 0.05) is 24.8 Å². The number of pyridine rings is 2. The molecule has 0 saturated heterocycles. The maximum absolute atomic E-state index is 4.13. The Kier molecular flexibility index (Phi) is 2.84. The van der Waals surface area contributed by atoms with E-state index in [9.17, 15) is 0 Å². The highest BCUT2D eigenvalue weighted by atomic mass is 14.6. The highest BCUT2D eigenvalue weighted by molar-refractivity contribution is 5.69. The Morgan fingerprint density at radius 3 is 1.72 bits per heavy atom. The van der Waals surface area contributed by atoms with Crippen LogP contribution >= 0.6 is 0 Å². The van der Waals surface area contributed by atoms with Crippen LogP contribution < -0.4 is 0 Å². The van der Waals surface area contributed by atoms with Crippen molar-refractivity contribution < 1.29 is 0 Å². The van der Waals surface area contributed by atoms with Crippen molar-refractivity contribution in [3.63, 3.8) is 0 Å². The van der Waals surface area contributed by atoms with E-state index in [0.29, 0.717) is 0 Å². The number of aromatic nitrogens is 2. The minimum atomic E-state index is 1.14. The maximum Gasteiger partial charge on any atom is 0.0346 e. The van der Waals surface area contributed by atoms with Crippen LogP contribution in [0.5, 0.6) is 0 Å². The summed E-state index contributed by atoms with van der Waals surface area (Å²) in [7, 11) is 0. The Balaban J connectivity index is 1.95. The Bertz CT molecular complexity index is 558. The first-order chi connectivity index (χ1) is 8.93. The van der Waals surface area contributed by atoms with Gasteiger partial charge in [-0.3, -0.25) is 9.97 Å². The lowest BCUT2D eigenvalue weighted by Gasteiger charge is -2.04. The molecule has 2 heterocycles.